The lowest BCUT2D eigenvalue weighted by Crippen LogP contribution is -2.35. The Morgan fingerprint density at radius 3 is 2.68 bits per heavy atom. The van der Waals surface area contributed by atoms with Crippen molar-refractivity contribution in [2.24, 2.45) is 0 Å². The molecule has 0 radical (unpaired) electrons. The fourth-order valence-corrected chi connectivity index (χ4v) is 6.19. The summed E-state index contributed by atoms with van der Waals surface area (Å²) in [4.78, 5) is 0.0628. The van der Waals surface area contributed by atoms with Gasteiger partial charge in [-0.05, 0) is 42.7 Å². The number of fused-ring (bicyclic) bond motifs is 1. The van der Waals surface area contributed by atoms with Crippen molar-refractivity contribution in [3.05, 3.63) is 38.5 Å². The molecule has 0 N–H and O–H groups in total. The van der Waals surface area contributed by atoms with Crippen molar-refractivity contribution in [1.29, 1.82) is 0 Å². The maximum atomic E-state index is 12.9. The van der Waals surface area contributed by atoms with E-state index in [9.17, 15) is 8.42 Å². The Bertz CT molecular complexity index is 817. The highest BCUT2D eigenvalue weighted by molar-refractivity contribution is 7.93. The minimum Gasteiger partial charge on any atom is -0.497 e. The van der Waals surface area contributed by atoms with E-state index in [0.717, 1.165) is 35.5 Å². The first-order chi connectivity index (χ1) is 10.4. The van der Waals surface area contributed by atoms with Gasteiger partial charge in [0.15, 0.2) is 0 Å². The van der Waals surface area contributed by atoms with Crippen LogP contribution in [0.3, 0.4) is 0 Å². The Morgan fingerprint density at radius 2 is 2.05 bits per heavy atom. The summed E-state index contributed by atoms with van der Waals surface area (Å²) >= 11 is 13.0. The Kier molecular flexibility index (Phi) is 4.29. The van der Waals surface area contributed by atoms with E-state index in [1.54, 1.807) is 19.2 Å². The summed E-state index contributed by atoms with van der Waals surface area (Å²) in [5, 5.41) is 0. The van der Waals surface area contributed by atoms with E-state index >= 15 is 0 Å². The largest absolute Gasteiger partial charge is 0.497 e. The average Bonchev–Trinajstić information content (AvgIpc) is 2.85. The Balaban J connectivity index is 2.09. The van der Waals surface area contributed by atoms with Gasteiger partial charge in [0.05, 0.1) is 17.1 Å². The van der Waals surface area contributed by atoms with Gasteiger partial charge in [-0.3, -0.25) is 4.31 Å². The van der Waals surface area contributed by atoms with Gasteiger partial charge in [-0.15, -0.1) is 11.3 Å². The number of hydrogen-bond acceptors (Lipinski definition) is 4. The third-order valence-electron chi connectivity index (χ3n) is 3.56. The van der Waals surface area contributed by atoms with Crippen LogP contribution in [0.5, 0.6) is 5.75 Å². The second-order valence-electron chi connectivity index (χ2n) is 4.86. The van der Waals surface area contributed by atoms with E-state index < -0.39 is 10.0 Å². The molecule has 0 fully saturated rings. The summed E-state index contributed by atoms with van der Waals surface area (Å²) in [6.07, 6.45) is 1.56. The molecule has 1 aliphatic rings. The van der Waals surface area contributed by atoms with Crippen LogP contribution in [0.2, 0.25) is 8.67 Å². The van der Waals surface area contributed by atoms with Crippen LogP contribution in [-0.2, 0) is 16.4 Å². The molecule has 1 aliphatic heterocycles. The van der Waals surface area contributed by atoms with Gasteiger partial charge in [0.2, 0.25) is 0 Å². The topological polar surface area (TPSA) is 46.6 Å². The molecule has 0 aliphatic carbocycles. The number of benzene rings is 1. The summed E-state index contributed by atoms with van der Waals surface area (Å²) < 4.78 is 32.9. The summed E-state index contributed by atoms with van der Waals surface area (Å²) in [7, 11) is -2.13. The highest BCUT2D eigenvalue weighted by atomic mass is 35.5. The predicted molar refractivity (Wildman–Crippen MR) is 90.2 cm³/mol. The first-order valence-corrected chi connectivity index (χ1v) is 9.59. The Morgan fingerprint density at radius 1 is 1.27 bits per heavy atom. The molecular formula is C14H13Cl2NO3S2. The van der Waals surface area contributed by atoms with Crippen molar-refractivity contribution in [3.8, 4) is 5.75 Å². The smallest absolute Gasteiger partial charge is 0.266 e. The summed E-state index contributed by atoms with van der Waals surface area (Å²) in [5.41, 5.74) is 1.62. The van der Waals surface area contributed by atoms with Crippen LogP contribution in [0.4, 0.5) is 5.69 Å². The zero-order valence-corrected chi connectivity index (χ0v) is 14.8. The summed E-state index contributed by atoms with van der Waals surface area (Å²) in [6.45, 7) is 0.422. The van der Waals surface area contributed by atoms with Crippen molar-refractivity contribution in [2.75, 3.05) is 18.0 Å². The molecule has 3 rings (SSSR count). The maximum Gasteiger partial charge on any atom is 0.266 e. The molecule has 2 heterocycles. The number of nitrogens with zero attached hydrogens (tertiary/aromatic N) is 1. The van der Waals surface area contributed by atoms with Crippen molar-refractivity contribution in [3.63, 3.8) is 0 Å². The molecule has 0 atom stereocenters. The van der Waals surface area contributed by atoms with Crippen LogP contribution >= 0.6 is 34.5 Å². The standard InChI is InChI=1S/C14H13Cl2NO3S2/c1-20-10-4-5-11-9(7-10)3-2-6-17(11)22(18,19)12-8-13(15)21-14(12)16/h4-5,7-8H,2-3,6H2,1H3. The molecular weight excluding hydrogens is 365 g/mol. The van der Waals surface area contributed by atoms with E-state index in [-0.39, 0.29) is 9.23 Å². The van der Waals surface area contributed by atoms with Crippen LogP contribution in [0.15, 0.2) is 29.2 Å². The quantitative estimate of drug-likeness (QED) is 0.804. The zero-order chi connectivity index (χ0) is 15.9. The third kappa shape index (κ3) is 2.69. The van der Waals surface area contributed by atoms with Gasteiger partial charge in [0, 0.05) is 6.54 Å². The lowest BCUT2D eigenvalue weighted by molar-refractivity contribution is 0.414. The van der Waals surface area contributed by atoms with Crippen molar-refractivity contribution in [1.82, 2.24) is 0 Å². The Hall–Kier alpha value is -0.950. The molecule has 0 amide bonds. The van der Waals surface area contributed by atoms with Crippen molar-refractivity contribution in [2.45, 2.75) is 17.7 Å². The first kappa shape index (κ1) is 15.9. The molecule has 8 heteroatoms. The van der Waals surface area contributed by atoms with E-state index in [2.05, 4.69) is 0 Å². The molecule has 22 heavy (non-hydrogen) atoms. The highest BCUT2D eigenvalue weighted by Gasteiger charge is 2.32. The second kappa shape index (κ2) is 5.92. The molecule has 0 spiro atoms. The van der Waals surface area contributed by atoms with Crippen LogP contribution in [0, 0.1) is 0 Å². The minimum absolute atomic E-state index is 0.0628. The number of sulfonamides is 1. The van der Waals surface area contributed by atoms with Gasteiger partial charge in [-0.2, -0.15) is 0 Å². The minimum atomic E-state index is -3.72. The zero-order valence-electron chi connectivity index (χ0n) is 11.7. The number of hydrogen-bond donors (Lipinski definition) is 0. The maximum absolute atomic E-state index is 12.9. The number of aryl methyl sites for hydroxylation is 1. The van der Waals surface area contributed by atoms with Crippen molar-refractivity contribution < 1.29 is 13.2 Å². The number of methoxy groups -OCH3 is 1. The molecule has 0 bridgehead atoms. The SMILES string of the molecule is COc1ccc2c(c1)CCCN2S(=O)(=O)c1cc(Cl)sc1Cl. The predicted octanol–water partition coefficient (Wildman–Crippen LogP) is 4.21. The molecule has 2 aromatic rings. The van der Waals surface area contributed by atoms with E-state index in [0.29, 0.717) is 16.6 Å². The first-order valence-electron chi connectivity index (χ1n) is 6.58. The van der Waals surface area contributed by atoms with Crippen LogP contribution < -0.4 is 9.04 Å². The van der Waals surface area contributed by atoms with E-state index in [1.165, 1.54) is 10.4 Å². The monoisotopic (exact) mass is 377 g/mol. The molecule has 0 saturated heterocycles. The molecule has 1 aromatic heterocycles. The second-order valence-corrected chi connectivity index (χ2v) is 8.98. The van der Waals surface area contributed by atoms with E-state index in [1.807, 2.05) is 6.07 Å². The molecule has 0 saturated carbocycles. The third-order valence-corrected chi connectivity index (χ3v) is 7.12. The normalized spacial score (nSPS) is 14.8. The van der Waals surface area contributed by atoms with Gasteiger partial charge in [0.1, 0.15) is 15.0 Å². The van der Waals surface area contributed by atoms with Gasteiger partial charge < -0.3 is 4.74 Å². The molecule has 118 valence electrons. The lowest BCUT2D eigenvalue weighted by atomic mass is 10.0. The molecule has 4 nitrogen and oxygen atoms in total. The molecule has 0 unspecified atom stereocenters. The number of anilines is 1. The van der Waals surface area contributed by atoms with Crippen molar-refractivity contribution >= 4 is 50.2 Å². The fourth-order valence-electron chi connectivity index (χ4n) is 2.54. The lowest BCUT2D eigenvalue weighted by Gasteiger charge is -2.30. The van der Waals surface area contributed by atoms with Gasteiger partial charge >= 0.3 is 0 Å². The van der Waals surface area contributed by atoms with Crippen LogP contribution in [0.25, 0.3) is 0 Å². The summed E-state index contributed by atoms with van der Waals surface area (Å²) in [6, 6.07) is 6.81. The fraction of sp³-hybridized carbons (Fsp3) is 0.286. The van der Waals surface area contributed by atoms with Gasteiger partial charge in [-0.1, -0.05) is 23.2 Å². The average molecular weight is 378 g/mol. The Labute approximate surface area is 143 Å². The highest BCUT2D eigenvalue weighted by Crippen LogP contribution is 2.39. The van der Waals surface area contributed by atoms with Gasteiger partial charge in [0.25, 0.3) is 10.0 Å². The van der Waals surface area contributed by atoms with E-state index in [4.69, 9.17) is 27.9 Å². The molecule has 1 aromatic carbocycles. The van der Waals surface area contributed by atoms with Gasteiger partial charge in [-0.25, -0.2) is 8.42 Å². The summed E-state index contributed by atoms with van der Waals surface area (Å²) in [5.74, 6) is 0.717. The number of rotatable bonds is 3. The number of halogens is 2. The number of thiophene rings is 1. The van der Waals surface area contributed by atoms with Crippen LogP contribution in [-0.4, -0.2) is 22.1 Å². The van der Waals surface area contributed by atoms with Crippen LogP contribution in [0.1, 0.15) is 12.0 Å². The number of ether oxygens (including phenoxy) is 1.